The van der Waals surface area contributed by atoms with Crippen molar-refractivity contribution in [3.05, 3.63) is 22.4 Å². The number of aliphatic hydroxyl groups is 1. The Bertz CT molecular complexity index is 475. The molecule has 0 saturated heterocycles. The van der Waals surface area contributed by atoms with Gasteiger partial charge in [-0.2, -0.15) is 0 Å². The molecule has 1 fully saturated rings. The SMILES string of the molecule is CN(C(=O)CCNC(=O)c1cccs1)C1CCCCC1O. The van der Waals surface area contributed by atoms with E-state index in [1.165, 1.54) is 11.3 Å². The van der Waals surface area contributed by atoms with E-state index in [0.29, 0.717) is 11.4 Å². The Morgan fingerprint density at radius 2 is 2.19 bits per heavy atom. The molecule has 0 spiro atoms. The molecule has 116 valence electrons. The molecule has 2 rings (SSSR count). The fourth-order valence-corrected chi connectivity index (χ4v) is 3.32. The van der Waals surface area contributed by atoms with Crippen molar-refractivity contribution in [3.63, 3.8) is 0 Å². The van der Waals surface area contributed by atoms with E-state index in [-0.39, 0.29) is 24.3 Å². The normalized spacial score (nSPS) is 21.8. The molecule has 6 heteroatoms. The number of hydrogen-bond acceptors (Lipinski definition) is 4. The van der Waals surface area contributed by atoms with Crippen molar-refractivity contribution in [3.8, 4) is 0 Å². The minimum atomic E-state index is -0.423. The first kappa shape index (κ1) is 16.0. The van der Waals surface area contributed by atoms with Crippen molar-refractivity contribution < 1.29 is 14.7 Å². The molecule has 1 aliphatic rings. The van der Waals surface area contributed by atoms with Gasteiger partial charge >= 0.3 is 0 Å². The highest BCUT2D eigenvalue weighted by Gasteiger charge is 2.28. The molecule has 1 aliphatic carbocycles. The summed E-state index contributed by atoms with van der Waals surface area (Å²) < 4.78 is 0. The lowest BCUT2D eigenvalue weighted by molar-refractivity contribution is -0.135. The molecule has 2 N–H and O–H groups in total. The van der Waals surface area contributed by atoms with Gasteiger partial charge in [-0.25, -0.2) is 0 Å². The Labute approximate surface area is 129 Å². The first-order valence-electron chi connectivity index (χ1n) is 7.35. The predicted octanol–water partition coefficient (Wildman–Crippen LogP) is 1.63. The van der Waals surface area contributed by atoms with E-state index < -0.39 is 6.10 Å². The third kappa shape index (κ3) is 4.28. The third-order valence-corrected chi connectivity index (χ3v) is 4.82. The fourth-order valence-electron chi connectivity index (χ4n) is 2.68. The molecule has 0 radical (unpaired) electrons. The lowest BCUT2D eigenvalue weighted by Gasteiger charge is -2.35. The van der Waals surface area contributed by atoms with Crippen LogP contribution in [0.4, 0.5) is 0 Å². The number of rotatable bonds is 5. The van der Waals surface area contributed by atoms with E-state index in [9.17, 15) is 14.7 Å². The summed E-state index contributed by atoms with van der Waals surface area (Å²) in [5, 5.41) is 14.6. The van der Waals surface area contributed by atoms with E-state index >= 15 is 0 Å². The van der Waals surface area contributed by atoms with Crippen LogP contribution >= 0.6 is 11.3 Å². The van der Waals surface area contributed by atoms with Crippen LogP contribution in [0.1, 0.15) is 41.8 Å². The Hall–Kier alpha value is -1.40. The highest BCUT2D eigenvalue weighted by Crippen LogP contribution is 2.22. The van der Waals surface area contributed by atoms with Gasteiger partial charge < -0.3 is 15.3 Å². The van der Waals surface area contributed by atoms with Gasteiger partial charge in [0.15, 0.2) is 0 Å². The number of aliphatic hydroxyl groups excluding tert-OH is 1. The molecule has 1 heterocycles. The third-order valence-electron chi connectivity index (χ3n) is 3.95. The van der Waals surface area contributed by atoms with Crippen molar-refractivity contribution >= 4 is 23.2 Å². The average Bonchev–Trinajstić information content (AvgIpc) is 3.01. The van der Waals surface area contributed by atoms with Gasteiger partial charge in [-0.1, -0.05) is 18.9 Å². The number of likely N-dealkylation sites (N-methyl/N-ethyl adjacent to an activating group) is 1. The number of thiophene rings is 1. The van der Waals surface area contributed by atoms with Crippen molar-refractivity contribution in [1.82, 2.24) is 10.2 Å². The molecule has 0 aliphatic heterocycles. The van der Waals surface area contributed by atoms with Crippen LogP contribution in [0.25, 0.3) is 0 Å². The van der Waals surface area contributed by atoms with E-state index in [4.69, 9.17) is 0 Å². The predicted molar refractivity (Wildman–Crippen MR) is 82.3 cm³/mol. The molecule has 1 aromatic heterocycles. The Morgan fingerprint density at radius 3 is 2.86 bits per heavy atom. The van der Waals surface area contributed by atoms with Crippen LogP contribution in [0.15, 0.2) is 17.5 Å². The second-order valence-corrected chi connectivity index (χ2v) is 6.35. The Kier molecular flexibility index (Phi) is 5.76. The van der Waals surface area contributed by atoms with E-state index in [1.54, 1.807) is 18.0 Å². The second-order valence-electron chi connectivity index (χ2n) is 5.41. The molecular formula is C15H22N2O3S. The van der Waals surface area contributed by atoms with Crippen LogP contribution in [0.3, 0.4) is 0 Å². The summed E-state index contributed by atoms with van der Waals surface area (Å²) in [7, 11) is 1.74. The van der Waals surface area contributed by atoms with Gasteiger partial charge in [0.25, 0.3) is 5.91 Å². The maximum Gasteiger partial charge on any atom is 0.261 e. The quantitative estimate of drug-likeness (QED) is 0.868. The summed E-state index contributed by atoms with van der Waals surface area (Å²) in [4.78, 5) is 26.2. The van der Waals surface area contributed by atoms with Crippen LogP contribution in [-0.2, 0) is 4.79 Å². The minimum Gasteiger partial charge on any atom is -0.391 e. The molecular weight excluding hydrogens is 288 g/mol. The van der Waals surface area contributed by atoms with Crippen molar-refractivity contribution in [2.45, 2.75) is 44.2 Å². The zero-order valence-corrected chi connectivity index (χ0v) is 13.1. The molecule has 2 unspecified atom stereocenters. The molecule has 1 saturated carbocycles. The molecule has 0 bridgehead atoms. The van der Waals surface area contributed by atoms with Gasteiger partial charge in [0, 0.05) is 20.0 Å². The summed E-state index contributed by atoms with van der Waals surface area (Å²) in [5.41, 5.74) is 0. The van der Waals surface area contributed by atoms with Crippen LogP contribution in [-0.4, -0.2) is 47.6 Å². The second kappa shape index (κ2) is 7.56. The van der Waals surface area contributed by atoms with E-state index in [1.807, 2.05) is 11.4 Å². The maximum absolute atomic E-state index is 12.1. The number of amides is 2. The number of carbonyl (C=O) groups is 2. The zero-order chi connectivity index (χ0) is 15.2. The summed E-state index contributed by atoms with van der Waals surface area (Å²) >= 11 is 1.38. The highest BCUT2D eigenvalue weighted by molar-refractivity contribution is 7.12. The molecule has 5 nitrogen and oxygen atoms in total. The molecule has 2 atom stereocenters. The van der Waals surface area contributed by atoms with Crippen molar-refractivity contribution in [2.24, 2.45) is 0 Å². The van der Waals surface area contributed by atoms with Crippen LogP contribution in [0, 0.1) is 0 Å². The van der Waals surface area contributed by atoms with E-state index in [2.05, 4.69) is 5.32 Å². The highest BCUT2D eigenvalue weighted by atomic mass is 32.1. The summed E-state index contributed by atoms with van der Waals surface area (Å²) in [5.74, 6) is -0.175. The number of hydrogen-bond donors (Lipinski definition) is 2. The smallest absolute Gasteiger partial charge is 0.261 e. The largest absolute Gasteiger partial charge is 0.391 e. The maximum atomic E-state index is 12.1. The summed E-state index contributed by atoms with van der Waals surface area (Å²) in [6.45, 7) is 0.322. The Morgan fingerprint density at radius 1 is 1.43 bits per heavy atom. The van der Waals surface area contributed by atoms with Crippen LogP contribution in [0.5, 0.6) is 0 Å². The van der Waals surface area contributed by atoms with E-state index in [0.717, 1.165) is 25.7 Å². The van der Waals surface area contributed by atoms with Gasteiger partial charge in [-0.15, -0.1) is 11.3 Å². The first-order chi connectivity index (χ1) is 10.1. The number of carbonyl (C=O) groups excluding carboxylic acids is 2. The number of nitrogens with zero attached hydrogens (tertiary/aromatic N) is 1. The van der Waals surface area contributed by atoms with Crippen LogP contribution in [0.2, 0.25) is 0 Å². The van der Waals surface area contributed by atoms with Crippen LogP contribution < -0.4 is 5.32 Å². The first-order valence-corrected chi connectivity index (χ1v) is 8.23. The summed E-state index contributed by atoms with van der Waals surface area (Å²) in [6.07, 6.45) is 3.53. The zero-order valence-electron chi connectivity index (χ0n) is 12.2. The lowest BCUT2D eigenvalue weighted by Crippen LogP contribution is -2.46. The van der Waals surface area contributed by atoms with Gasteiger partial charge in [-0.3, -0.25) is 9.59 Å². The monoisotopic (exact) mass is 310 g/mol. The Balaban J connectivity index is 1.75. The summed E-state index contributed by atoms with van der Waals surface area (Å²) in [6, 6.07) is 3.49. The lowest BCUT2D eigenvalue weighted by atomic mass is 9.91. The van der Waals surface area contributed by atoms with Gasteiger partial charge in [0.2, 0.25) is 5.91 Å². The molecule has 21 heavy (non-hydrogen) atoms. The topological polar surface area (TPSA) is 69.6 Å². The molecule has 2 amide bonds. The van der Waals surface area contributed by atoms with Gasteiger partial charge in [0.05, 0.1) is 17.0 Å². The van der Waals surface area contributed by atoms with Crippen molar-refractivity contribution in [2.75, 3.05) is 13.6 Å². The molecule has 1 aromatic rings. The standard InChI is InChI=1S/C15H22N2O3S/c1-17(11-5-2-3-6-12(11)18)14(19)8-9-16-15(20)13-7-4-10-21-13/h4,7,10-12,18H,2-3,5-6,8-9H2,1H3,(H,16,20). The minimum absolute atomic E-state index is 0.0348. The molecule has 0 aromatic carbocycles. The number of nitrogens with one attached hydrogen (secondary N) is 1. The van der Waals surface area contributed by atoms with Gasteiger partial charge in [-0.05, 0) is 24.3 Å². The van der Waals surface area contributed by atoms with Gasteiger partial charge in [0.1, 0.15) is 0 Å². The average molecular weight is 310 g/mol. The van der Waals surface area contributed by atoms with Crippen molar-refractivity contribution in [1.29, 1.82) is 0 Å². The fraction of sp³-hybridized carbons (Fsp3) is 0.600.